The molecule has 0 spiro atoms. The molecule has 3 heteroatoms. The van der Waals surface area contributed by atoms with Crippen LogP contribution < -0.4 is 0 Å². The van der Waals surface area contributed by atoms with Gasteiger partial charge in [0.1, 0.15) is 0 Å². The average Bonchev–Trinajstić information content (AvgIpc) is 3.34. The number of pyridine rings is 2. The SMILES string of the molecule is c1cc(-c2cc3ccccc3cn2)cc(-n2c3ccccc3c3ccc(-c4ccc5ccccc5n4)cc32)c1. The molecule has 0 aliphatic heterocycles. The largest absolute Gasteiger partial charge is 0.309 e. The third-order valence-corrected chi connectivity index (χ3v) is 7.60. The zero-order valence-electron chi connectivity index (χ0n) is 21.1. The predicted molar refractivity (Wildman–Crippen MR) is 162 cm³/mol. The van der Waals surface area contributed by atoms with Gasteiger partial charge in [0.05, 0.1) is 27.9 Å². The van der Waals surface area contributed by atoms with Crippen molar-refractivity contribution in [2.24, 2.45) is 0 Å². The first kappa shape index (κ1) is 21.8. The van der Waals surface area contributed by atoms with Gasteiger partial charge in [-0.05, 0) is 47.9 Å². The van der Waals surface area contributed by atoms with Crippen LogP contribution in [0.3, 0.4) is 0 Å². The second kappa shape index (κ2) is 8.64. The fraction of sp³-hybridized carbons (Fsp3) is 0. The summed E-state index contributed by atoms with van der Waals surface area (Å²) in [5, 5.41) is 5.95. The van der Waals surface area contributed by atoms with E-state index in [9.17, 15) is 0 Å². The summed E-state index contributed by atoms with van der Waals surface area (Å²) in [6.45, 7) is 0. The fourth-order valence-electron chi connectivity index (χ4n) is 5.68. The normalized spacial score (nSPS) is 11.6. The molecule has 0 fully saturated rings. The van der Waals surface area contributed by atoms with Crippen LogP contribution in [-0.4, -0.2) is 14.5 Å². The monoisotopic (exact) mass is 497 g/mol. The van der Waals surface area contributed by atoms with E-state index in [-0.39, 0.29) is 0 Å². The molecule has 0 saturated carbocycles. The standard InChI is InChI=1S/C36H23N3/c1-2-10-28-23-37-34(21-25(28)9-1)26-11-7-12-29(20-26)39-35-15-6-4-13-30(35)31-18-16-27(22-36(31)39)33-19-17-24-8-3-5-14-32(24)38-33/h1-23H. The van der Waals surface area contributed by atoms with E-state index in [4.69, 9.17) is 9.97 Å². The Morgan fingerprint density at radius 3 is 2.18 bits per heavy atom. The van der Waals surface area contributed by atoms with Gasteiger partial charge in [0.15, 0.2) is 0 Å². The van der Waals surface area contributed by atoms with E-state index in [1.54, 1.807) is 0 Å². The van der Waals surface area contributed by atoms with Crippen molar-refractivity contribution in [3.8, 4) is 28.2 Å². The number of hydrogen-bond donors (Lipinski definition) is 0. The van der Waals surface area contributed by atoms with Crippen LogP contribution in [0.4, 0.5) is 0 Å². The highest BCUT2D eigenvalue weighted by Gasteiger charge is 2.14. The lowest BCUT2D eigenvalue weighted by Gasteiger charge is -2.11. The lowest BCUT2D eigenvalue weighted by molar-refractivity contribution is 1.18. The molecule has 0 saturated heterocycles. The van der Waals surface area contributed by atoms with Gasteiger partial charge >= 0.3 is 0 Å². The summed E-state index contributed by atoms with van der Waals surface area (Å²) < 4.78 is 2.36. The zero-order valence-corrected chi connectivity index (χ0v) is 21.1. The van der Waals surface area contributed by atoms with Crippen LogP contribution in [0.1, 0.15) is 0 Å². The molecule has 5 aromatic carbocycles. The first-order valence-electron chi connectivity index (χ1n) is 13.2. The van der Waals surface area contributed by atoms with Gasteiger partial charge in [0, 0.05) is 44.6 Å². The quantitative estimate of drug-likeness (QED) is 0.244. The minimum Gasteiger partial charge on any atom is -0.309 e. The minimum absolute atomic E-state index is 0.970. The summed E-state index contributed by atoms with van der Waals surface area (Å²) in [6, 6.07) is 47.0. The second-order valence-electron chi connectivity index (χ2n) is 9.94. The summed E-state index contributed by atoms with van der Waals surface area (Å²) in [5.74, 6) is 0. The van der Waals surface area contributed by atoms with E-state index < -0.39 is 0 Å². The van der Waals surface area contributed by atoms with E-state index in [1.165, 1.54) is 21.7 Å². The summed E-state index contributed by atoms with van der Waals surface area (Å²) >= 11 is 0. The Labute approximate surface area is 225 Å². The van der Waals surface area contributed by atoms with Crippen LogP contribution in [0, 0.1) is 0 Å². The predicted octanol–water partition coefficient (Wildman–Crippen LogP) is 9.21. The van der Waals surface area contributed by atoms with Gasteiger partial charge in [-0.3, -0.25) is 4.98 Å². The van der Waals surface area contributed by atoms with Gasteiger partial charge in [0.25, 0.3) is 0 Å². The third-order valence-electron chi connectivity index (χ3n) is 7.60. The highest BCUT2D eigenvalue weighted by molar-refractivity contribution is 6.10. The Morgan fingerprint density at radius 1 is 0.462 bits per heavy atom. The first-order valence-corrected chi connectivity index (χ1v) is 13.2. The molecule has 0 N–H and O–H groups in total. The molecule has 0 aliphatic rings. The number of fused-ring (bicyclic) bond motifs is 5. The van der Waals surface area contributed by atoms with E-state index >= 15 is 0 Å². The van der Waals surface area contributed by atoms with Crippen LogP contribution >= 0.6 is 0 Å². The van der Waals surface area contributed by atoms with E-state index in [0.29, 0.717) is 0 Å². The van der Waals surface area contributed by atoms with Gasteiger partial charge in [-0.2, -0.15) is 0 Å². The highest BCUT2D eigenvalue weighted by Crippen LogP contribution is 2.35. The smallest absolute Gasteiger partial charge is 0.0710 e. The van der Waals surface area contributed by atoms with E-state index in [2.05, 4.69) is 126 Å². The Bertz CT molecular complexity index is 2190. The second-order valence-corrected chi connectivity index (χ2v) is 9.94. The van der Waals surface area contributed by atoms with Gasteiger partial charge < -0.3 is 4.57 Å². The fourth-order valence-corrected chi connectivity index (χ4v) is 5.68. The van der Waals surface area contributed by atoms with Crippen molar-refractivity contribution in [3.63, 3.8) is 0 Å². The van der Waals surface area contributed by atoms with Crippen molar-refractivity contribution in [2.45, 2.75) is 0 Å². The third kappa shape index (κ3) is 3.59. The number of nitrogens with zero attached hydrogens (tertiary/aromatic N) is 3. The van der Waals surface area contributed by atoms with Crippen molar-refractivity contribution in [3.05, 3.63) is 140 Å². The molecule has 3 heterocycles. The Hall–Kier alpha value is -5.28. The van der Waals surface area contributed by atoms with Gasteiger partial charge in [-0.1, -0.05) is 91.0 Å². The molecule has 0 radical (unpaired) electrons. The Kier molecular flexibility index (Phi) is 4.82. The van der Waals surface area contributed by atoms with Crippen LogP contribution in [0.25, 0.3) is 71.7 Å². The van der Waals surface area contributed by atoms with Crippen LogP contribution in [0.15, 0.2) is 140 Å². The molecular weight excluding hydrogens is 474 g/mol. The molecular formula is C36H23N3. The molecule has 182 valence electrons. The molecule has 39 heavy (non-hydrogen) atoms. The van der Waals surface area contributed by atoms with Crippen molar-refractivity contribution in [2.75, 3.05) is 0 Å². The van der Waals surface area contributed by atoms with Crippen molar-refractivity contribution in [1.82, 2.24) is 14.5 Å². The van der Waals surface area contributed by atoms with Crippen molar-refractivity contribution in [1.29, 1.82) is 0 Å². The van der Waals surface area contributed by atoms with Gasteiger partial charge in [-0.25, -0.2) is 4.98 Å². The van der Waals surface area contributed by atoms with Gasteiger partial charge in [-0.15, -0.1) is 0 Å². The number of aromatic nitrogens is 3. The van der Waals surface area contributed by atoms with Crippen molar-refractivity contribution >= 4 is 43.5 Å². The maximum absolute atomic E-state index is 4.97. The zero-order chi connectivity index (χ0) is 25.8. The number of benzene rings is 5. The summed E-state index contributed by atoms with van der Waals surface area (Å²) in [7, 11) is 0. The molecule has 0 unspecified atom stereocenters. The molecule has 0 aliphatic carbocycles. The maximum atomic E-state index is 4.97. The summed E-state index contributed by atoms with van der Waals surface area (Å²) in [4.78, 5) is 9.76. The maximum Gasteiger partial charge on any atom is 0.0710 e. The lowest BCUT2D eigenvalue weighted by atomic mass is 10.1. The van der Waals surface area contributed by atoms with Gasteiger partial charge in [0.2, 0.25) is 0 Å². The molecule has 0 bridgehead atoms. The lowest BCUT2D eigenvalue weighted by Crippen LogP contribution is -1.95. The number of hydrogen-bond acceptors (Lipinski definition) is 2. The average molecular weight is 498 g/mol. The molecule has 0 atom stereocenters. The first-order chi connectivity index (χ1) is 19.3. The Balaban J connectivity index is 1.33. The molecule has 0 amide bonds. The molecule has 8 rings (SSSR count). The molecule has 3 nitrogen and oxygen atoms in total. The van der Waals surface area contributed by atoms with Crippen LogP contribution in [0.2, 0.25) is 0 Å². The summed E-state index contributed by atoms with van der Waals surface area (Å²) in [6.07, 6.45) is 1.96. The van der Waals surface area contributed by atoms with Crippen LogP contribution in [0.5, 0.6) is 0 Å². The highest BCUT2D eigenvalue weighted by atomic mass is 15.0. The summed E-state index contributed by atoms with van der Waals surface area (Å²) in [5.41, 5.74) is 8.59. The molecule has 3 aromatic heterocycles. The number of para-hydroxylation sites is 2. The Morgan fingerprint density at radius 2 is 1.23 bits per heavy atom. The van der Waals surface area contributed by atoms with E-state index in [0.717, 1.165) is 50.0 Å². The van der Waals surface area contributed by atoms with Crippen molar-refractivity contribution < 1.29 is 0 Å². The van der Waals surface area contributed by atoms with Crippen LogP contribution in [-0.2, 0) is 0 Å². The number of rotatable bonds is 3. The topological polar surface area (TPSA) is 30.7 Å². The molecule has 8 aromatic rings. The minimum atomic E-state index is 0.970. The van der Waals surface area contributed by atoms with E-state index in [1.807, 2.05) is 18.3 Å².